The molecule has 74 valence electrons. The van der Waals surface area contributed by atoms with Crippen LogP contribution in [0.1, 0.15) is 30.4 Å². The Morgan fingerprint density at radius 1 is 1.57 bits per heavy atom. The zero-order valence-electron chi connectivity index (χ0n) is 8.20. The van der Waals surface area contributed by atoms with Crippen molar-refractivity contribution in [1.82, 2.24) is 0 Å². The van der Waals surface area contributed by atoms with Crippen LogP contribution in [0.25, 0.3) is 0 Å². The summed E-state index contributed by atoms with van der Waals surface area (Å²) in [5.74, 6) is 0.365. The highest BCUT2D eigenvalue weighted by Crippen LogP contribution is 2.24. The maximum absolute atomic E-state index is 9.30. The van der Waals surface area contributed by atoms with Crippen molar-refractivity contribution >= 4 is 0 Å². The van der Waals surface area contributed by atoms with Gasteiger partial charge in [0.25, 0.3) is 0 Å². The van der Waals surface area contributed by atoms with Crippen molar-refractivity contribution in [3.63, 3.8) is 0 Å². The van der Waals surface area contributed by atoms with E-state index in [1.54, 1.807) is 12.1 Å². The molecule has 0 amide bonds. The summed E-state index contributed by atoms with van der Waals surface area (Å²) >= 11 is 0. The summed E-state index contributed by atoms with van der Waals surface area (Å²) in [6.07, 6.45) is 0.885. The predicted molar refractivity (Wildman–Crippen MR) is 54.9 cm³/mol. The lowest BCUT2D eigenvalue weighted by molar-refractivity contribution is 0.473. The summed E-state index contributed by atoms with van der Waals surface area (Å²) in [5, 5.41) is 18.0. The predicted octanol–water partition coefficient (Wildman–Crippen LogP) is 1.72. The third kappa shape index (κ3) is 2.24. The van der Waals surface area contributed by atoms with Crippen molar-refractivity contribution in [1.29, 1.82) is 5.26 Å². The van der Waals surface area contributed by atoms with Crippen molar-refractivity contribution in [3.05, 3.63) is 29.3 Å². The van der Waals surface area contributed by atoms with Gasteiger partial charge in [-0.2, -0.15) is 5.26 Å². The number of phenols is 1. The number of hydrogen-bond donors (Lipinski definition) is 2. The van der Waals surface area contributed by atoms with Gasteiger partial charge in [-0.25, -0.2) is 0 Å². The summed E-state index contributed by atoms with van der Waals surface area (Å²) in [4.78, 5) is 0. The highest BCUT2D eigenvalue weighted by atomic mass is 16.3. The van der Waals surface area contributed by atoms with Crippen LogP contribution in [0.5, 0.6) is 5.75 Å². The molecule has 0 aromatic heterocycles. The Balaban J connectivity index is 2.95. The monoisotopic (exact) mass is 190 g/mol. The molecule has 0 radical (unpaired) electrons. The first-order valence-electron chi connectivity index (χ1n) is 4.62. The molecule has 0 bridgehead atoms. The van der Waals surface area contributed by atoms with Crippen LogP contribution in [0.15, 0.2) is 18.2 Å². The third-order valence-electron chi connectivity index (χ3n) is 2.31. The second kappa shape index (κ2) is 4.64. The minimum absolute atomic E-state index is 0.0381. The third-order valence-corrected chi connectivity index (χ3v) is 2.31. The molecular formula is C11H14N2O. The Labute approximate surface area is 83.8 Å². The van der Waals surface area contributed by atoms with E-state index in [1.807, 2.05) is 12.1 Å². The SMILES string of the molecule is CC(CCN)c1ccc(O)c(C#N)c1. The normalized spacial score (nSPS) is 12.1. The molecule has 1 unspecified atom stereocenters. The number of nitrogens with two attached hydrogens (primary N) is 1. The van der Waals surface area contributed by atoms with E-state index >= 15 is 0 Å². The molecule has 0 aliphatic rings. The zero-order valence-corrected chi connectivity index (χ0v) is 8.20. The average molecular weight is 190 g/mol. The van der Waals surface area contributed by atoms with Crippen LogP contribution in [0.3, 0.4) is 0 Å². The minimum Gasteiger partial charge on any atom is -0.507 e. The number of phenolic OH excluding ortho intramolecular Hbond substituents is 1. The molecule has 1 aromatic carbocycles. The van der Waals surface area contributed by atoms with E-state index in [4.69, 9.17) is 11.0 Å². The molecule has 0 aliphatic carbocycles. The van der Waals surface area contributed by atoms with Gasteiger partial charge < -0.3 is 10.8 Å². The van der Waals surface area contributed by atoms with Crippen LogP contribution in [0, 0.1) is 11.3 Å². The fourth-order valence-corrected chi connectivity index (χ4v) is 1.37. The van der Waals surface area contributed by atoms with Crippen molar-refractivity contribution in [3.8, 4) is 11.8 Å². The highest BCUT2D eigenvalue weighted by molar-refractivity contribution is 5.45. The lowest BCUT2D eigenvalue weighted by atomic mass is 9.96. The first kappa shape index (κ1) is 10.6. The smallest absolute Gasteiger partial charge is 0.133 e. The number of nitriles is 1. The van der Waals surface area contributed by atoms with Crippen LogP contribution >= 0.6 is 0 Å². The Kier molecular flexibility index (Phi) is 3.49. The second-order valence-corrected chi connectivity index (χ2v) is 3.37. The lowest BCUT2D eigenvalue weighted by Crippen LogP contribution is -2.04. The summed E-state index contributed by atoms with van der Waals surface area (Å²) in [7, 11) is 0. The van der Waals surface area contributed by atoms with E-state index in [0.29, 0.717) is 18.0 Å². The van der Waals surface area contributed by atoms with Crippen LogP contribution < -0.4 is 5.73 Å². The molecule has 0 spiro atoms. The summed E-state index contributed by atoms with van der Waals surface area (Å²) in [6, 6.07) is 7.06. The highest BCUT2D eigenvalue weighted by Gasteiger charge is 2.07. The van der Waals surface area contributed by atoms with Gasteiger partial charge in [0.1, 0.15) is 11.8 Å². The number of aromatic hydroxyl groups is 1. The summed E-state index contributed by atoms with van der Waals surface area (Å²) < 4.78 is 0. The van der Waals surface area contributed by atoms with Crippen molar-refractivity contribution in [2.45, 2.75) is 19.3 Å². The molecule has 3 nitrogen and oxygen atoms in total. The number of nitrogens with zero attached hydrogens (tertiary/aromatic N) is 1. The molecule has 0 heterocycles. The molecule has 3 N–H and O–H groups in total. The molecular weight excluding hydrogens is 176 g/mol. The van der Waals surface area contributed by atoms with E-state index < -0.39 is 0 Å². The molecule has 0 saturated carbocycles. The van der Waals surface area contributed by atoms with Crippen LogP contribution in [0.2, 0.25) is 0 Å². The first-order chi connectivity index (χ1) is 6.69. The standard InChI is InChI=1S/C11H14N2O/c1-8(4-5-12)9-2-3-11(14)10(6-9)7-13/h2-3,6,8,14H,4-5,12H2,1H3. The second-order valence-electron chi connectivity index (χ2n) is 3.37. The van der Waals surface area contributed by atoms with E-state index in [9.17, 15) is 5.11 Å². The molecule has 1 rings (SSSR count). The Morgan fingerprint density at radius 3 is 2.86 bits per heavy atom. The van der Waals surface area contributed by atoms with Crippen LogP contribution in [-0.4, -0.2) is 11.7 Å². The van der Waals surface area contributed by atoms with Gasteiger partial charge >= 0.3 is 0 Å². The van der Waals surface area contributed by atoms with Crippen molar-refractivity contribution < 1.29 is 5.11 Å². The van der Waals surface area contributed by atoms with Crippen LogP contribution in [-0.2, 0) is 0 Å². The molecule has 0 saturated heterocycles. The van der Waals surface area contributed by atoms with Crippen LogP contribution in [0.4, 0.5) is 0 Å². The summed E-state index contributed by atoms with van der Waals surface area (Å²) in [6.45, 7) is 2.68. The molecule has 0 fully saturated rings. The number of rotatable bonds is 3. The van der Waals surface area contributed by atoms with E-state index in [1.165, 1.54) is 0 Å². The Hall–Kier alpha value is -1.53. The molecule has 3 heteroatoms. The van der Waals surface area contributed by atoms with Gasteiger partial charge in [0.15, 0.2) is 0 Å². The quantitative estimate of drug-likeness (QED) is 0.762. The van der Waals surface area contributed by atoms with Gasteiger partial charge in [-0.3, -0.25) is 0 Å². The summed E-state index contributed by atoms with van der Waals surface area (Å²) in [5.41, 5.74) is 6.82. The molecule has 1 atom stereocenters. The molecule has 14 heavy (non-hydrogen) atoms. The maximum atomic E-state index is 9.30. The topological polar surface area (TPSA) is 70.0 Å². The van der Waals surface area contributed by atoms with Crippen molar-refractivity contribution in [2.75, 3.05) is 6.54 Å². The Bertz CT molecular complexity index is 355. The fraction of sp³-hybridized carbons (Fsp3) is 0.364. The molecule has 1 aromatic rings. The van der Waals surface area contributed by atoms with E-state index in [2.05, 4.69) is 6.92 Å². The Morgan fingerprint density at radius 2 is 2.29 bits per heavy atom. The van der Waals surface area contributed by atoms with E-state index in [0.717, 1.165) is 12.0 Å². The van der Waals surface area contributed by atoms with Crippen molar-refractivity contribution in [2.24, 2.45) is 5.73 Å². The van der Waals surface area contributed by atoms with Gasteiger partial charge in [0.05, 0.1) is 5.56 Å². The fourth-order valence-electron chi connectivity index (χ4n) is 1.37. The maximum Gasteiger partial charge on any atom is 0.133 e. The first-order valence-corrected chi connectivity index (χ1v) is 4.62. The minimum atomic E-state index is 0.0381. The molecule has 0 aliphatic heterocycles. The van der Waals surface area contributed by atoms with Gasteiger partial charge in [0, 0.05) is 0 Å². The van der Waals surface area contributed by atoms with Gasteiger partial charge in [-0.05, 0) is 36.6 Å². The lowest BCUT2D eigenvalue weighted by Gasteiger charge is -2.10. The average Bonchev–Trinajstić information content (AvgIpc) is 2.19. The van der Waals surface area contributed by atoms with Gasteiger partial charge in [0.2, 0.25) is 0 Å². The van der Waals surface area contributed by atoms with Gasteiger partial charge in [-0.1, -0.05) is 13.0 Å². The number of benzene rings is 1. The number of hydrogen-bond acceptors (Lipinski definition) is 3. The largest absolute Gasteiger partial charge is 0.507 e. The van der Waals surface area contributed by atoms with E-state index in [-0.39, 0.29) is 5.75 Å². The zero-order chi connectivity index (χ0) is 10.6. The van der Waals surface area contributed by atoms with Gasteiger partial charge in [-0.15, -0.1) is 0 Å².